The Labute approximate surface area is 322 Å². The minimum atomic E-state index is -4.27. The number of unbranched alkanes of at least 4 members (excludes halogenated alkanes) is 25. The highest BCUT2D eigenvalue weighted by molar-refractivity contribution is 7.47. The first-order chi connectivity index (χ1) is 25.1. The van der Waals surface area contributed by atoms with Crippen LogP contribution in [0.2, 0.25) is 0 Å². The maximum atomic E-state index is 12.7. The Morgan fingerprint density at radius 3 is 1.46 bits per heavy atom. The third kappa shape index (κ3) is 40.4. The molecule has 1 N–H and O–H groups in total. The fourth-order valence-electron chi connectivity index (χ4n) is 6.14. The summed E-state index contributed by atoms with van der Waals surface area (Å²) in [6.45, 7) is 5.65. The van der Waals surface area contributed by atoms with Crippen molar-refractivity contribution in [1.82, 2.24) is 0 Å². The molecule has 8 nitrogen and oxygen atoms in total. The lowest BCUT2D eigenvalue weighted by Crippen LogP contribution is -2.37. The molecule has 0 aromatic heterocycles. The molecule has 2 atom stereocenters. The molecular formula is C43H87NO7P+. The second-order valence-electron chi connectivity index (χ2n) is 16.1. The fourth-order valence-corrected chi connectivity index (χ4v) is 6.88. The monoisotopic (exact) mass is 761 g/mol. The Morgan fingerprint density at radius 1 is 0.577 bits per heavy atom. The standard InChI is InChI=1S/C43H86NO7P/c1-6-8-10-12-14-16-18-20-21-22-23-24-25-26-28-30-32-34-36-43(45)51-42(41-50-52(46,47)49-39-37-44(3,4)5)40-48-38-35-33-31-29-27-19-17-15-13-11-9-7-2/h21-22,42H,6-20,23-41H2,1-5H3/p+1/b22-21-. The van der Waals surface area contributed by atoms with Crippen LogP contribution in [0, 0.1) is 0 Å². The molecule has 0 aliphatic carbocycles. The molecular weight excluding hydrogens is 673 g/mol. The van der Waals surface area contributed by atoms with Gasteiger partial charge in [-0.05, 0) is 38.5 Å². The molecule has 2 unspecified atom stereocenters. The van der Waals surface area contributed by atoms with Gasteiger partial charge < -0.3 is 18.9 Å². The second kappa shape index (κ2) is 37.2. The van der Waals surface area contributed by atoms with Crippen molar-refractivity contribution in [2.45, 2.75) is 206 Å². The number of allylic oxidation sites excluding steroid dienone is 2. The molecule has 0 radical (unpaired) electrons. The summed E-state index contributed by atoms with van der Waals surface area (Å²) in [4.78, 5) is 22.9. The van der Waals surface area contributed by atoms with Gasteiger partial charge in [0.05, 0.1) is 34.4 Å². The van der Waals surface area contributed by atoms with Crippen LogP contribution in [0.5, 0.6) is 0 Å². The average molecular weight is 761 g/mol. The summed E-state index contributed by atoms with van der Waals surface area (Å²) in [6, 6.07) is 0. The average Bonchev–Trinajstić information content (AvgIpc) is 3.09. The van der Waals surface area contributed by atoms with E-state index < -0.39 is 13.9 Å². The van der Waals surface area contributed by atoms with Gasteiger partial charge >= 0.3 is 13.8 Å². The van der Waals surface area contributed by atoms with E-state index in [2.05, 4.69) is 26.0 Å². The van der Waals surface area contributed by atoms with Crippen LogP contribution in [0.3, 0.4) is 0 Å². The van der Waals surface area contributed by atoms with Gasteiger partial charge in [-0.2, -0.15) is 0 Å². The Balaban J connectivity index is 4.20. The van der Waals surface area contributed by atoms with Crippen molar-refractivity contribution in [1.29, 1.82) is 0 Å². The number of quaternary nitrogens is 1. The van der Waals surface area contributed by atoms with Crippen LogP contribution in [0.15, 0.2) is 12.2 Å². The summed E-state index contributed by atoms with van der Waals surface area (Å²) in [5.41, 5.74) is 0. The maximum absolute atomic E-state index is 12.7. The second-order valence-corrected chi connectivity index (χ2v) is 17.5. The molecule has 0 heterocycles. The quantitative estimate of drug-likeness (QED) is 0.0218. The molecule has 0 amide bonds. The van der Waals surface area contributed by atoms with Crippen molar-refractivity contribution in [3.8, 4) is 0 Å². The van der Waals surface area contributed by atoms with Gasteiger partial charge in [0.25, 0.3) is 0 Å². The molecule has 0 aromatic rings. The minimum Gasteiger partial charge on any atom is -0.457 e. The van der Waals surface area contributed by atoms with Crippen molar-refractivity contribution >= 4 is 13.8 Å². The van der Waals surface area contributed by atoms with Gasteiger partial charge in [0, 0.05) is 13.0 Å². The zero-order valence-corrected chi connectivity index (χ0v) is 36.0. The summed E-state index contributed by atoms with van der Waals surface area (Å²) < 4.78 is 35.0. The lowest BCUT2D eigenvalue weighted by Gasteiger charge is -2.24. The molecule has 0 saturated carbocycles. The van der Waals surface area contributed by atoms with Gasteiger partial charge in [-0.1, -0.05) is 167 Å². The molecule has 0 bridgehead atoms. The van der Waals surface area contributed by atoms with Crippen LogP contribution < -0.4 is 0 Å². The highest BCUT2D eigenvalue weighted by Crippen LogP contribution is 2.43. The van der Waals surface area contributed by atoms with Gasteiger partial charge in [-0.25, -0.2) is 4.57 Å². The van der Waals surface area contributed by atoms with E-state index in [4.69, 9.17) is 18.5 Å². The molecule has 0 fully saturated rings. The summed E-state index contributed by atoms with van der Waals surface area (Å²) in [5.74, 6) is -0.315. The van der Waals surface area contributed by atoms with Gasteiger partial charge in [0.15, 0.2) is 0 Å². The van der Waals surface area contributed by atoms with Crippen LogP contribution in [0.1, 0.15) is 200 Å². The number of likely N-dealkylation sites (N-methyl/N-ethyl adjacent to an activating group) is 1. The number of hydrogen-bond donors (Lipinski definition) is 1. The lowest BCUT2D eigenvalue weighted by atomic mass is 10.1. The third-order valence-corrected chi connectivity index (χ3v) is 10.6. The Morgan fingerprint density at radius 2 is 1.00 bits per heavy atom. The zero-order chi connectivity index (χ0) is 38.4. The number of esters is 1. The van der Waals surface area contributed by atoms with Crippen molar-refractivity contribution in [3.05, 3.63) is 12.2 Å². The van der Waals surface area contributed by atoms with Crippen LogP contribution in [0.25, 0.3) is 0 Å². The first-order valence-electron chi connectivity index (χ1n) is 21.9. The number of hydrogen-bond acceptors (Lipinski definition) is 6. The van der Waals surface area contributed by atoms with Crippen LogP contribution in [0.4, 0.5) is 0 Å². The number of carbonyl (C=O) groups is 1. The summed E-state index contributed by atoms with van der Waals surface area (Å²) in [6.07, 6.45) is 39.5. The number of ether oxygens (including phenoxy) is 2. The smallest absolute Gasteiger partial charge is 0.457 e. The molecule has 0 saturated heterocycles. The maximum Gasteiger partial charge on any atom is 0.472 e. The van der Waals surface area contributed by atoms with E-state index in [1.54, 1.807) is 0 Å². The molecule has 0 aromatic carbocycles. The summed E-state index contributed by atoms with van der Waals surface area (Å²) in [7, 11) is 1.67. The zero-order valence-electron chi connectivity index (χ0n) is 35.1. The van der Waals surface area contributed by atoms with E-state index in [9.17, 15) is 14.3 Å². The van der Waals surface area contributed by atoms with E-state index in [0.717, 1.165) is 32.1 Å². The molecule has 0 aliphatic rings. The molecule has 52 heavy (non-hydrogen) atoms. The fraction of sp³-hybridized carbons (Fsp3) is 0.930. The molecule has 310 valence electrons. The topological polar surface area (TPSA) is 91.3 Å². The van der Waals surface area contributed by atoms with E-state index in [0.29, 0.717) is 24.1 Å². The minimum absolute atomic E-state index is 0.0909. The predicted octanol–water partition coefficient (Wildman–Crippen LogP) is 12.7. The van der Waals surface area contributed by atoms with Crippen LogP contribution >= 0.6 is 7.82 Å². The van der Waals surface area contributed by atoms with Crippen LogP contribution in [-0.2, 0) is 27.9 Å². The van der Waals surface area contributed by atoms with Gasteiger partial charge in [-0.15, -0.1) is 0 Å². The third-order valence-electron chi connectivity index (χ3n) is 9.58. The first kappa shape index (κ1) is 51.2. The van der Waals surface area contributed by atoms with Crippen molar-refractivity contribution < 1.29 is 37.3 Å². The molecule has 0 rings (SSSR count). The van der Waals surface area contributed by atoms with E-state index in [1.807, 2.05) is 21.1 Å². The normalized spacial score (nSPS) is 13.9. The Hall–Kier alpha value is -0.760. The largest absolute Gasteiger partial charge is 0.472 e. The predicted molar refractivity (Wildman–Crippen MR) is 220 cm³/mol. The number of phosphoric ester groups is 1. The molecule has 0 spiro atoms. The number of phosphoric acid groups is 1. The van der Waals surface area contributed by atoms with E-state index in [1.165, 1.54) is 148 Å². The van der Waals surface area contributed by atoms with Crippen molar-refractivity contribution in [2.75, 3.05) is 54.1 Å². The van der Waals surface area contributed by atoms with Crippen molar-refractivity contribution in [3.63, 3.8) is 0 Å². The first-order valence-corrected chi connectivity index (χ1v) is 23.4. The summed E-state index contributed by atoms with van der Waals surface area (Å²) in [5, 5.41) is 0. The number of nitrogens with zero attached hydrogens (tertiary/aromatic N) is 1. The highest BCUT2D eigenvalue weighted by Gasteiger charge is 2.26. The molecule has 9 heteroatoms. The van der Waals surface area contributed by atoms with Crippen LogP contribution in [-0.4, -0.2) is 75.6 Å². The Kier molecular flexibility index (Phi) is 36.6. The Bertz CT molecular complexity index is 848. The van der Waals surface area contributed by atoms with Crippen molar-refractivity contribution in [2.24, 2.45) is 0 Å². The van der Waals surface area contributed by atoms with E-state index >= 15 is 0 Å². The lowest BCUT2D eigenvalue weighted by molar-refractivity contribution is -0.870. The number of rotatable bonds is 41. The SMILES string of the molecule is CCCCCCCCC/C=C\CCCCCCCCCC(=O)OC(COCCCCCCCCCCCCCC)COP(=O)(O)OCC[N+](C)(C)C. The van der Waals surface area contributed by atoms with E-state index in [-0.39, 0.29) is 25.8 Å². The molecule has 0 aliphatic heterocycles. The number of carbonyl (C=O) groups excluding carboxylic acids is 1. The highest BCUT2D eigenvalue weighted by atomic mass is 31.2. The van der Waals surface area contributed by atoms with Gasteiger partial charge in [0.1, 0.15) is 19.3 Å². The summed E-state index contributed by atoms with van der Waals surface area (Å²) >= 11 is 0. The van der Waals surface area contributed by atoms with Gasteiger partial charge in [0.2, 0.25) is 0 Å². The van der Waals surface area contributed by atoms with Gasteiger partial charge in [-0.3, -0.25) is 13.8 Å².